The van der Waals surface area contributed by atoms with Gasteiger partial charge in [0.2, 0.25) is 0 Å². The average molecular weight is 215 g/mol. The zero-order valence-electron chi connectivity index (χ0n) is 8.89. The number of amides is 1. The number of carbonyl (C=O) groups is 1. The maximum absolute atomic E-state index is 12.1. The van der Waals surface area contributed by atoms with Crippen LogP contribution in [-0.2, 0) is 4.79 Å². The van der Waals surface area contributed by atoms with Gasteiger partial charge >= 0.3 is 0 Å². The second-order valence-electron chi connectivity index (χ2n) is 4.25. The van der Waals surface area contributed by atoms with E-state index in [1.54, 1.807) is 6.07 Å². The van der Waals surface area contributed by atoms with Crippen LogP contribution in [0.3, 0.4) is 0 Å². The van der Waals surface area contributed by atoms with Crippen molar-refractivity contribution < 1.29 is 4.79 Å². The molecule has 0 bridgehead atoms. The number of hydrogen-bond donors (Lipinski definition) is 1. The Morgan fingerprint density at radius 3 is 2.94 bits per heavy atom. The zero-order valence-corrected chi connectivity index (χ0v) is 8.89. The molecule has 4 nitrogen and oxygen atoms in total. The highest BCUT2D eigenvalue weighted by atomic mass is 16.2. The molecule has 1 amide bonds. The third-order valence-corrected chi connectivity index (χ3v) is 3.23. The summed E-state index contributed by atoms with van der Waals surface area (Å²) in [6.45, 7) is 0. The Morgan fingerprint density at radius 1 is 1.38 bits per heavy atom. The Hall–Kier alpha value is -1.84. The smallest absolute Gasteiger partial charge is 0.256 e. The number of hydrazone groups is 1. The summed E-state index contributed by atoms with van der Waals surface area (Å²) >= 11 is 0. The van der Waals surface area contributed by atoms with E-state index in [9.17, 15) is 4.79 Å². The minimum atomic E-state index is 0.0135. The van der Waals surface area contributed by atoms with E-state index in [-0.39, 0.29) is 11.8 Å². The van der Waals surface area contributed by atoms with Crippen molar-refractivity contribution >= 4 is 23.0 Å². The van der Waals surface area contributed by atoms with Crippen molar-refractivity contribution in [2.24, 2.45) is 11.0 Å². The first-order valence-corrected chi connectivity index (χ1v) is 5.53. The van der Waals surface area contributed by atoms with E-state index >= 15 is 0 Å². The average Bonchev–Trinajstić information content (AvgIpc) is 2.83. The fraction of sp³-hybridized carbons (Fsp3) is 0.333. The van der Waals surface area contributed by atoms with Crippen LogP contribution in [0.1, 0.15) is 19.3 Å². The summed E-state index contributed by atoms with van der Waals surface area (Å²) in [4.78, 5) is 12.1. The van der Waals surface area contributed by atoms with Gasteiger partial charge < -0.3 is 5.73 Å². The van der Waals surface area contributed by atoms with Crippen LogP contribution in [0.4, 0.5) is 11.4 Å². The maximum Gasteiger partial charge on any atom is 0.256 e. The number of fused-ring (bicyclic) bond motifs is 1. The fourth-order valence-electron chi connectivity index (χ4n) is 2.39. The third-order valence-electron chi connectivity index (χ3n) is 3.23. The van der Waals surface area contributed by atoms with Crippen LogP contribution < -0.4 is 10.7 Å². The van der Waals surface area contributed by atoms with Crippen molar-refractivity contribution in [3.05, 3.63) is 24.3 Å². The molecule has 1 atom stereocenters. The van der Waals surface area contributed by atoms with Crippen LogP contribution in [0.15, 0.2) is 29.4 Å². The number of hydrogen-bond acceptors (Lipinski definition) is 3. The molecule has 2 N–H and O–H groups in total. The summed E-state index contributed by atoms with van der Waals surface area (Å²) in [6, 6.07) is 7.34. The number of benzene rings is 1. The topological polar surface area (TPSA) is 58.7 Å². The molecule has 0 aromatic heterocycles. The SMILES string of the molecule is Nc1ccccc1N1N=C2CCCC2C1=O. The molecule has 0 spiro atoms. The van der Waals surface area contributed by atoms with Gasteiger partial charge in [-0.3, -0.25) is 4.79 Å². The van der Waals surface area contributed by atoms with Crippen molar-refractivity contribution in [3.8, 4) is 0 Å². The molecule has 16 heavy (non-hydrogen) atoms. The van der Waals surface area contributed by atoms with Gasteiger partial charge in [-0.15, -0.1) is 0 Å². The van der Waals surface area contributed by atoms with E-state index in [4.69, 9.17) is 5.73 Å². The number of nitrogen functional groups attached to an aromatic ring is 1. The lowest BCUT2D eigenvalue weighted by atomic mass is 10.1. The molecule has 1 aliphatic heterocycles. The minimum Gasteiger partial charge on any atom is -0.397 e. The first-order chi connectivity index (χ1) is 7.77. The normalized spacial score (nSPS) is 23.5. The summed E-state index contributed by atoms with van der Waals surface area (Å²) in [5.74, 6) is 0.0880. The van der Waals surface area contributed by atoms with Gasteiger partial charge in [-0.05, 0) is 31.4 Å². The van der Waals surface area contributed by atoms with Gasteiger partial charge in [0.15, 0.2) is 0 Å². The van der Waals surface area contributed by atoms with Crippen LogP contribution in [0.25, 0.3) is 0 Å². The van der Waals surface area contributed by atoms with Crippen LogP contribution >= 0.6 is 0 Å². The quantitative estimate of drug-likeness (QED) is 0.726. The summed E-state index contributed by atoms with van der Waals surface area (Å²) < 4.78 is 0. The van der Waals surface area contributed by atoms with E-state index in [2.05, 4.69) is 5.10 Å². The standard InChI is InChI=1S/C12H13N3O/c13-9-5-1-2-7-11(9)15-12(16)8-4-3-6-10(8)14-15/h1-2,5,7-8H,3-4,6,13H2. The number of carbonyl (C=O) groups excluding carboxylic acids is 1. The van der Waals surface area contributed by atoms with Crippen molar-refractivity contribution in [1.82, 2.24) is 0 Å². The van der Waals surface area contributed by atoms with Crippen molar-refractivity contribution in [3.63, 3.8) is 0 Å². The van der Waals surface area contributed by atoms with Crippen molar-refractivity contribution in [2.75, 3.05) is 10.7 Å². The summed E-state index contributed by atoms with van der Waals surface area (Å²) in [5.41, 5.74) is 8.17. The van der Waals surface area contributed by atoms with E-state index < -0.39 is 0 Å². The molecule has 1 fully saturated rings. The van der Waals surface area contributed by atoms with E-state index in [0.717, 1.165) is 25.0 Å². The molecule has 1 aromatic carbocycles. The second kappa shape index (κ2) is 3.33. The summed E-state index contributed by atoms with van der Waals surface area (Å²) in [7, 11) is 0. The number of rotatable bonds is 1. The Bertz CT molecular complexity index is 481. The summed E-state index contributed by atoms with van der Waals surface area (Å²) in [6.07, 6.45) is 2.95. The number of anilines is 2. The molecule has 0 saturated heterocycles. The number of nitrogens with two attached hydrogens (primary N) is 1. The molecular weight excluding hydrogens is 202 g/mol. The Morgan fingerprint density at radius 2 is 2.19 bits per heavy atom. The Labute approximate surface area is 93.7 Å². The highest BCUT2D eigenvalue weighted by Gasteiger charge is 2.39. The van der Waals surface area contributed by atoms with Crippen LogP contribution in [0, 0.1) is 5.92 Å². The lowest BCUT2D eigenvalue weighted by molar-refractivity contribution is -0.119. The molecule has 3 rings (SSSR count). The van der Waals surface area contributed by atoms with Crippen LogP contribution in [0.2, 0.25) is 0 Å². The van der Waals surface area contributed by atoms with E-state index in [1.165, 1.54) is 5.01 Å². The van der Waals surface area contributed by atoms with Gasteiger partial charge in [0, 0.05) is 0 Å². The molecule has 1 aromatic rings. The lowest BCUT2D eigenvalue weighted by Gasteiger charge is -2.15. The molecule has 4 heteroatoms. The predicted molar refractivity (Wildman–Crippen MR) is 63.1 cm³/mol. The molecule has 1 saturated carbocycles. The lowest BCUT2D eigenvalue weighted by Crippen LogP contribution is -2.26. The fourth-order valence-corrected chi connectivity index (χ4v) is 2.39. The van der Waals surface area contributed by atoms with Gasteiger partial charge in [-0.2, -0.15) is 10.1 Å². The Kier molecular flexibility index (Phi) is 1.96. The highest BCUT2D eigenvalue weighted by molar-refractivity contribution is 6.17. The van der Waals surface area contributed by atoms with Gasteiger partial charge in [-0.1, -0.05) is 12.1 Å². The van der Waals surface area contributed by atoms with Crippen LogP contribution in [0.5, 0.6) is 0 Å². The molecule has 1 aliphatic carbocycles. The first-order valence-electron chi connectivity index (χ1n) is 5.53. The molecule has 0 radical (unpaired) electrons. The number of nitrogens with zero attached hydrogens (tertiary/aromatic N) is 2. The van der Waals surface area contributed by atoms with Crippen LogP contribution in [-0.4, -0.2) is 11.6 Å². The summed E-state index contributed by atoms with van der Waals surface area (Å²) in [5, 5.41) is 5.85. The minimum absolute atomic E-state index is 0.0135. The van der Waals surface area contributed by atoms with Crippen molar-refractivity contribution in [1.29, 1.82) is 0 Å². The zero-order chi connectivity index (χ0) is 11.1. The van der Waals surface area contributed by atoms with E-state index in [1.807, 2.05) is 18.2 Å². The molecule has 1 unspecified atom stereocenters. The Balaban J connectivity index is 2.01. The highest BCUT2D eigenvalue weighted by Crippen LogP contribution is 2.34. The van der Waals surface area contributed by atoms with Gasteiger partial charge in [-0.25, -0.2) is 0 Å². The van der Waals surface area contributed by atoms with Gasteiger partial charge in [0.05, 0.1) is 23.0 Å². The molecular formula is C12H13N3O. The maximum atomic E-state index is 12.1. The molecule has 2 aliphatic rings. The van der Waals surface area contributed by atoms with Gasteiger partial charge in [0.1, 0.15) is 0 Å². The van der Waals surface area contributed by atoms with E-state index in [0.29, 0.717) is 11.4 Å². The molecule has 82 valence electrons. The number of para-hydroxylation sites is 2. The van der Waals surface area contributed by atoms with Gasteiger partial charge in [0.25, 0.3) is 5.91 Å². The molecule has 1 heterocycles. The monoisotopic (exact) mass is 215 g/mol. The predicted octanol–water partition coefficient (Wildman–Crippen LogP) is 1.77. The largest absolute Gasteiger partial charge is 0.397 e. The first kappa shape index (κ1) is 9.39. The second-order valence-corrected chi connectivity index (χ2v) is 4.25. The third kappa shape index (κ3) is 1.23. The van der Waals surface area contributed by atoms with Crippen molar-refractivity contribution in [2.45, 2.75) is 19.3 Å².